The lowest BCUT2D eigenvalue weighted by Crippen LogP contribution is -2.47. The Hall–Kier alpha value is -3.16. The Morgan fingerprint density at radius 3 is 2.00 bits per heavy atom. The molecule has 1 aliphatic heterocycles. The quantitative estimate of drug-likeness (QED) is 0.284. The van der Waals surface area contributed by atoms with Gasteiger partial charge in [0.05, 0.1) is 5.69 Å². The zero-order valence-corrected chi connectivity index (χ0v) is 13.6. The molecule has 0 spiro atoms. The molecule has 24 heavy (non-hydrogen) atoms. The maximum Gasteiger partial charge on any atom is 0.308 e. The van der Waals surface area contributed by atoms with Crippen molar-refractivity contribution in [3.8, 4) is 11.5 Å². The van der Waals surface area contributed by atoms with E-state index in [2.05, 4.69) is 5.32 Å². The van der Waals surface area contributed by atoms with E-state index in [1.807, 2.05) is 0 Å². The van der Waals surface area contributed by atoms with Gasteiger partial charge in [0.15, 0.2) is 11.5 Å². The number of carbonyl (C=O) groups excluding carboxylic acids is 4. The standard InChI is InChI=1S/C16H16N2O6/c1-8(19)23-13-10(7-11-15(21)17-16(11)22)5-6-12(18(3)4)14(13)24-9(2)20/h5-7H,1-4H3,(H,17,21,22). The van der Waals surface area contributed by atoms with Crippen LogP contribution in [-0.4, -0.2) is 37.8 Å². The molecule has 0 unspecified atom stereocenters. The summed E-state index contributed by atoms with van der Waals surface area (Å²) in [6.45, 7) is 2.41. The van der Waals surface area contributed by atoms with Crippen molar-refractivity contribution in [2.45, 2.75) is 13.8 Å². The number of nitrogens with zero attached hydrogens (tertiary/aromatic N) is 1. The molecule has 0 radical (unpaired) electrons. The molecule has 1 aliphatic rings. The molecule has 1 heterocycles. The van der Waals surface area contributed by atoms with Crippen LogP contribution in [0, 0.1) is 0 Å². The smallest absolute Gasteiger partial charge is 0.308 e. The number of esters is 2. The highest BCUT2D eigenvalue weighted by atomic mass is 16.6. The highest BCUT2D eigenvalue weighted by molar-refractivity contribution is 6.36. The van der Waals surface area contributed by atoms with Gasteiger partial charge >= 0.3 is 11.9 Å². The molecule has 1 aromatic carbocycles. The fourth-order valence-corrected chi connectivity index (χ4v) is 2.09. The third-order valence-electron chi connectivity index (χ3n) is 3.11. The minimum absolute atomic E-state index is 0.0317. The molecule has 2 rings (SSSR count). The lowest BCUT2D eigenvalue weighted by molar-refractivity contribution is -0.134. The van der Waals surface area contributed by atoms with Gasteiger partial charge in [0, 0.05) is 33.5 Å². The number of hydrogen-bond donors (Lipinski definition) is 1. The largest absolute Gasteiger partial charge is 0.422 e. The highest BCUT2D eigenvalue weighted by Gasteiger charge is 2.31. The summed E-state index contributed by atoms with van der Waals surface area (Å²) in [4.78, 5) is 47.4. The Balaban J connectivity index is 2.66. The van der Waals surface area contributed by atoms with Gasteiger partial charge in [0.25, 0.3) is 11.8 Å². The number of carbonyl (C=O) groups is 4. The molecule has 0 atom stereocenters. The van der Waals surface area contributed by atoms with Gasteiger partial charge in [-0.2, -0.15) is 0 Å². The molecule has 0 bridgehead atoms. The lowest BCUT2D eigenvalue weighted by Gasteiger charge is -2.21. The van der Waals surface area contributed by atoms with Crippen molar-refractivity contribution in [3.63, 3.8) is 0 Å². The van der Waals surface area contributed by atoms with Gasteiger partial charge in [-0.1, -0.05) is 0 Å². The predicted octanol–water partition coefficient (Wildman–Crippen LogP) is 0.643. The van der Waals surface area contributed by atoms with Crippen LogP contribution < -0.4 is 19.7 Å². The molecule has 1 fully saturated rings. The van der Waals surface area contributed by atoms with Crippen LogP contribution in [0.3, 0.4) is 0 Å². The normalized spacial score (nSPS) is 12.9. The molecule has 126 valence electrons. The monoisotopic (exact) mass is 332 g/mol. The van der Waals surface area contributed by atoms with Crippen LogP contribution in [0.25, 0.3) is 6.08 Å². The first-order valence-corrected chi connectivity index (χ1v) is 6.99. The second kappa shape index (κ2) is 6.53. The van der Waals surface area contributed by atoms with Gasteiger partial charge in [0.2, 0.25) is 0 Å². The molecule has 1 N–H and O–H groups in total. The minimum atomic E-state index is -0.636. The summed E-state index contributed by atoms with van der Waals surface area (Å²) in [6, 6.07) is 3.19. The molecular formula is C16H16N2O6. The van der Waals surface area contributed by atoms with E-state index in [1.165, 1.54) is 19.9 Å². The maximum absolute atomic E-state index is 11.4. The summed E-state index contributed by atoms with van der Waals surface area (Å²) in [5.41, 5.74) is 0.688. The van der Waals surface area contributed by atoms with E-state index < -0.39 is 23.8 Å². The fourth-order valence-electron chi connectivity index (χ4n) is 2.09. The molecule has 2 amide bonds. The van der Waals surface area contributed by atoms with E-state index in [1.54, 1.807) is 31.1 Å². The van der Waals surface area contributed by atoms with Crippen LogP contribution in [-0.2, 0) is 19.2 Å². The molecule has 8 nitrogen and oxygen atoms in total. The number of nitrogens with one attached hydrogen (secondary N) is 1. The van der Waals surface area contributed by atoms with E-state index in [4.69, 9.17) is 9.47 Å². The average Bonchev–Trinajstić information content (AvgIpc) is 2.46. The number of hydrogen-bond acceptors (Lipinski definition) is 7. The van der Waals surface area contributed by atoms with E-state index in [9.17, 15) is 19.2 Å². The number of anilines is 1. The summed E-state index contributed by atoms with van der Waals surface area (Å²) in [5, 5.41) is 2.07. The number of benzene rings is 1. The molecular weight excluding hydrogens is 316 g/mol. The number of imide groups is 1. The van der Waals surface area contributed by atoms with E-state index in [0.29, 0.717) is 5.69 Å². The van der Waals surface area contributed by atoms with E-state index in [0.717, 1.165) is 0 Å². The van der Waals surface area contributed by atoms with Crippen LogP contribution in [0.1, 0.15) is 19.4 Å². The average molecular weight is 332 g/mol. The van der Waals surface area contributed by atoms with Gasteiger partial charge in [-0.25, -0.2) is 0 Å². The number of β-lactam (4-membered cyclic amide) rings is 2. The summed E-state index contributed by atoms with van der Waals surface area (Å²) < 4.78 is 10.4. The van der Waals surface area contributed by atoms with Crippen LogP contribution in [0.15, 0.2) is 17.7 Å². The van der Waals surface area contributed by atoms with Gasteiger partial charge in [-0.15, -0.1) is 0 Å². The van der Waals surface area contributed by atoms with Crippen LogP contribution in [0.5, 0.6) is 11.5 Å². The predicted molar refractivity (Wildman–Crippen MR) is 84.5 cm³/mol. The molecule has 0 saturated carbocycles. The van der Waals surface area contributed by atoms with Crippen molar-refractivity contribution < 1.29 is 28.7 Å². The van der Waals surface area contributed by atoms with Gasteiger partial charge in [-0.3, -0.25) is 24.5 Å². The highest BCUT2D eigenvalue weighted by Crippen LogP contribution is 2.41. The Labute approximate surface area is 138 Å². The first-order chi connectivity index (χ1) is 11.2. The van der Waals surface area contributed by atoms with Crippen LogP contribution in [0.2, 0.25) is 0 Å². The summed E-state index contributed by atoms with van der Waals surface area (Å²) in [5.74, 6) is -2.30. The maximum atomic E-state index is 11.4. The molecule has 0 aliphatic carbocycles. The summed E-state index contributed by atoms with van der Waals surface area (Å²) in [6.07, 6.45) is 1.28. The molecule has 1 saturated heterocycles. The van der Waals surface area contributed by atoms with Crippen LogP contribution in [0.4, 0.5) is 5.69 Å². The second-order valence-electron chi connectivity index (χ2n) is 5.26. The van der Waals surface area contributed by atoms with Crippen molar-refractivity contribution >= 4 is 35.5 Å². The van der Waals surface area contributed by atoms with Gasteiger partial charge in [-0.05, 0) is 18.2 Å². The van der Waals surface area contributed by atoms with Crippen molar-refractivity contribution in [1.29, 1.82) is 0 Å². The zero-order chi connectivity index (χ0) is 18.0. The number of ether oxygens (including phenoxy) is 2. The second-order valence-corrected chi connectivity index (χ2v) is 5.26. The number of amides is 2. The number of rotatable bonds is 4. The van der Waals surface area contributed by atoms with Crippen molar-refractivity contribution in [2.24, 2.45) is 0 Å². The Kier molecular flexibility index (Phi) is 4.68. The third-order valence-corrected chi connectivity index (χ3v) is 3.11. The summed E-state index contributed by atoms with van der Waals surface area (Å²) >= 11 is 0. The first kappa shape index (κ1) is 17.2. The van der Waals surface area contributed by atoms with E-state index >= 15 is 0 Å². The Bertz CT molecular complexity index is 763. The lowest BCUT2D eigenvalue weighted by atomic mass is 10.0. The van der Waals surface area contributed by atoms with Crippen LogP contribution >= 0.6 is 0 Å². The van der Waals surface area contributed by atoms with Gasteiger partial charge in [0.1, 0.15) is 5.57 Å². The molecule has 8 heteroatoms. The van der Waals surface area contributed by atoms with Crippen molar-refractivity contribution in [3.05, 3.63) is 23.3 Å². The van der Waals surface area contributed by atoms with E-state index in [-0.39, 0.29) is 22.6 Å². The SMILES string of the molecule is CC(=O)Oc1c(C=C2C(=O)NC2=O)ccc(N(C)C)c1OC(C)=O. The Morgan fingerprint density at radius 2 is 1.54 bits per heavy atom. The molecule has 1 aromatic rings. The van der Waals surface area contributed by atoms with Gasteiger partial charge < -0.3 is 14.4 Å². The summed E-state index contributed by atoms with van der Waals surface area (Å²) in [7, 11) is 3.45. The molecule has 0 aromatic heterocycles. The fraction of sp³-hybridized carbons (Fsp3) is 0.250. The van der Waals surface area contributed by atoms with Crippen molar-refractivity contribution in [1.82, 2.24) is 5.32 Å². The topological polar surface area (TPSA) is 102 Å². The third kappa shape index (κ3) is 3.43. The van der Waals surface area contributed by atoms with Crippen molar-refractivity contribution in [2.75, 3.05) is 19.0 Å². The minimum Gasteiger partial charge on any atom is -0.422 e. The zero-order valence-electron chi connectivity index (χ0n) is 13.6. The Morgan fingerprint density at radius 1 is 1.00 bits per heavy atom. The first-order valence-electron chi connectivity index (χ1n) is 6.99.